The Hall–Kier alpha value is -1.97. The molecule has 1 atom stereocenters. The Morgan fingerprint density at radius 3 is 2.56 bits per heavy atom. The number of carbonyl (C=O) groups is 1. The van der Waals surface area contributed by atoms with Crippen molar-refractivity contribution in [1.29, 1.82) is 0 Å². The molecule has 0 radical (unpaired) electrons. The third kappa shape index (κ3) is 3.26. The van der Waals surface area contributed by atoms with Crippen molar-refractivity contribution in [1.82, 2.24) is 4.57 Å². The van der Waals surface area contributed by atoms with Gasteiger partial charge in [-0.2, -0.15) is 0 Å². The van der Waals surface area contributed by atoms with Gasteiger partial charge in [0.25, 0.3) is 0 Å². The molecule has 130 valence electrons. The fraction of sp³-hybridized carbons (Fsp3) is 0.250. The molecule has 5 heteroatoms. The van der Waals surface area contributed by atoms with Crippen molar-refractivity contribution in [3.63, 3.8) is 0 Å². The molecule has 3 rings (SSSR count). The second-order valence-electron chi connectivity index (χ2n) is 6.39. The predicted molar refractivity (Wildman–Crippen MR) is 103 cm³/mol. The van der Waals surface area contributed by atoms with Crippen LogP contribution in [0.4, 0.5) is 0 Å². The number of carboxylic acid groups (broad SMARTS) is 1. The zero-order valence-electron chi connectivity index (χ0n) is 14.3. The van der Waals surface area contributed by atoms with Crippen molar-refractivity contribution in [3.05, 3.63) is 68.8 Å². The first-order valence-electron chi connectivity index (χ1n) is 8.05. The summed E-state index contributed by atoms with van der Waals surface area (Å²) in [6, 6.07) is 11.6. The van der Waals surface area contributed by atoms with Crippen LogP contribution in [0.25, 0.3) is 10.9 Å². The number of nitrogens with zero attached hydrogens (tertiary/aromatic N) is 1. The first-order valence-corrected chi connectivity index (χ1v) is 8.81. The summed E-state index contributed by atoms with van der Waals surface area (Å²) in [7, 11) is 0. The van der Waals surface area contributed by atoms with E-state index in [1.165, 1.54) is 0 Å². The average Bonchev–Trinajstić information content (AvgIpc) is 2.79. The quantitative estimate of drug-likeness (QED) is 0.625. The first kappa shape index (κ1) is 17.8. The van der Waals surface area contributed by atoms with Gasteiger partial charge in [0.1, 0.15) is 0 Å². The van der Waals surface area contributed by atoms with E-state index in [1.54, 1.807) is 6.92 Å². The Kier molecular flexibility index (Phi) is 4.81. The Morgan fingerprint density at radius 2 is 1.92 bits per heavy atom. The molecule has 0 aliphatic heterocycles. The van der Waals surface area contributed by atoms with E-state index in [4.69, 9.17) is 23.2 Å². The summed E-state index contributed by atoms with van der Waals surface area (Å²) in [6.45, 7) is 6.22. The van der Waals surface area contributed by atoms with E-state index in [2.05, 4.69) is 4.57 Å². The van der Waals surface area contributed by atoms with E-state index in [-0.39, 0.29) is 0 Å². The van der Waals surface area contributed by atoms with E-state index in [0.717, 1.165) is 33.3 Å². The third-order valence-electron chi connectivity index (χ3n) is 4.69. The highest BCUT2D eigenvalue weighted by molar-refractivity contribution is 6.32. The summed E-state index contributed by atoms with van der Waals surface area (Å²) in [4.78, 5) is 11.6. The van der Waals surface area contributed by atoms with Crippen molar-refractivity contribution < 1.29 is 9.90 Å². The lowest BCUT2D eigenvalue weighted by molar-refractivity contribution is -0.138. The van der Waals surface area contributed by atoms with Gasteiger partial charge in [-0.15, -0.1) is 0 Å². The molecule has 0 amide bonds. The monoisotopic (exact) mass is 375 g/mol. The van der Waals surface area contributed by atoms with Crippen LogP contribution in [0.15, 0.2) is 36.4 Å². The standard InChI is InChI=1S/C20H19Cl2NO2/c1-11-7-16-18(9-17(11)22)23(10-14-5-4-6-15(21)8-14)13(3)19(16)12(2)20(24)25/h4-9,12H,10H2,1-3H3,(H,24,25). The molecule has 3 aromatic rings. The van der Waals surface area contributed by atoms with Gasteiger partial charge in [-0.1, -0.05) is 35.3 Å². The van der Waals surface area contributed by atoms with Crippen LogP contribution in [0.5, 0.6) is 0 Å². The van der Waals surface area contributed by atoms with Crippen LogP contribution in [-0.2, 0) is 11.3 Å². The van der Waals surface area contributed by atoms with Crippen molar-refractivity contribution in [2.24, 2.45) is 0 Å². The van der Waals surface area contributed by atoms with E-state index in [9.17, 15) is 9.90 Å². The van der Waals surface area contributed by atoms with E-state index in [0.29, 0.717) is 16.6 Å². The van der Waals surface area contributed by atoms with Gasteiger partial charge in [0.15, 0.2) is 0 Å². The average molecular weight is 376 g/mol. The maximum atomic E-state index is 11.6. The summed E-state index contributed by atoms with van der Waals surface area (Å²) in [6.07, 6.45) is 0. The highest BCUT2D eigenvalue weighted by Gasteiger charge is 2.24. The van der Waals surface area contributed by atoms with Crippen LogP contribution in [-0.4, -0.2) is 15.6 Å². The van der Waals surface area contributed by atoms with Crippen LogP contribution >= 0.6 is 23.2 Å². The number of benzene rings is 2. The molecule has 2 aromatic carbocycles. The van der Waals surface area contributed by atoms with Gasteiger partial charge in [0.05, 0.1) is 11.4 Å². The molecular formula is C20H19Cl2NO2. The maximum absolute atomic E-state index is 11.6. The number of rotatable bonds is 4. The lowest BCUT2D eigenvalue weighted by Gasteiger charge is -2.11. The van der Waals surface area contributed by atoms with E-state index < -0.39 is 11.9 Å². The van der Waals surface area contributed by atoms with Gasteiger partial charge in [-0.25, -0.2) is 0 Å². The summed E-state index contributed by atoms with van der Waals surface area (Å²) in [5.74, 6) is -1.43. The summed E-state index contributed by atoms with van der Waals surface area (Å²) in [5, 5.41) is 11.8. The molecular weight excluding hydrogens is 357 g/mol. The van der Waals surface area contributed by atoms with E-state index in [1.807, 2.05) is 50.2 Å². The minimum Gasteiger partial charge on any atom is -0.481 e. The number of hydrogen-bond acceptors (Lipinski definition) is 1. The molecule has 0 spiro atoms. The molecule has 0 saturated heterocycles. The zero-order valence-corrected chi connectivity index (χ0v) is 15.8. The van der Waals surface area contributed by atoms with Gasteiger partial charge < -0.3 is 9.67 Å². The lowest BCUT2D eigenvalue weighted by atomic mass is 9.97. The highest BCUT2D eigenvalue weighted by atomic mass is 35.5. The number of aryl methyl sites for hydroxylation is 1. The fourth-order valence-electron chi connectivity index (χ4n) is 3.32. The maximum Gasteiger partial charge on any atom is 0.310 e. The minimum absolute atomic E-state index is 0.594. The Bertz CT molecular complexity index is 975. The van der Waals surface area contributed by atoms with Crippen LogP contribution in [0, 0.1) is 13.8 Å². The van der Waals surface area contributed by atoms with Crippen LogP contribution in [0.1, 0.15) is 35.2 Å². The first-order chi connectivity index (χ1) is 11.8. The third-order valence-corrected chi connectivity index (χ3v) is 5.33. The van der Waals surface area contributed by atoms with Gasteiger partial charge in [0, 0.05) is 27.7 Å². The molecule has 1 heterocycles. The smallest absolute Gasteiger partial charge is 0.310 e. The molecule has 0 fully saturated rings. The van der Waals surface area contributed by atoms with Crippen molar-refractivity contribution >= 4 is 40.1 Å². The fourth-order valence-corrected chi connectivity index (χ4v) is 3.69. The molecule has 25 heavy (non-hydrogen) atoms. The zero-order chi connectivity index (χ0) is 18.3. The number of hydrogen-bond donors (Lipinski definition) is 1. The Labute approximate surface area is 156 Å². The molecule has 1 unspecified atom stereocenters. The predicted octanol–water partition coefficient (Wildman–Crippen LogP) is 5.80. The largest absolute Gasteiger partial charge is 0.481 e. The van der Waals surface area contributed by atoms with Crippen LogP contribution < -0.4 is 0 Å². The normalized spacial score (nSPS) is 12.5. The molecule has 0 saturated carbocycles. The molecule has 1 aromatic heterocycles. The summed E-state index contributed by atoms with van der Waals surface area (Å²) in [5.41, 5.74) is 4.71. The molecule has 3 nitrogen and oxygen atoms in total. The number of fused-ring (bicyclic) bond motifs is 1. The summed E-state index contributed by atoms with van der Waals surface area (Å²) >= 11 is 12.4. The van der Waals surface area contributed by atoms with Crippen LogP contribution in [0.2, 0.25) is 10.0 Å². The van der Waals surface area contributed by atoms with Gasteiger partial charge in [-0.05, 0) is 61.7 Å². The highest BCUT2D eigenvalue weighted by Crippen LogP contribution is 2.35. The lowest BCUT2D eigenvalue weighted by Crippen LogP contribution is -2.09. The second kappa shape index (κ2) is 6.74. The van der Waals surface area contributed by atoms with E-state index >= 15 is 0 Å². The number of carboxylic acids is 1. The van der Waals surface area contributed by atoms with Crippen molar-refractivity contribution in [2.45, 2.75) is 33.2 Å². The topological polar surface area (TPSA) is 42.2 Å². The summed E-state index contributed by atoms with van der Waals surface area (Å²) < 4.78 is 2.11. The Morgan fingerprint density at radius 1 is 1.20 bits per heavy atom. The second-order valence-corrected chi connectivity index (χ2v) is 7.24. The van der Waals surface area contributed by atoms with Crippen molar-refractivity contribution in [3.8, 4) is 0 Å². The molecule has 0 aliphatic carbocycles. The van der Waals surface area contributed by atoms with Gasteiger partial charge >= 0.3 is 5.97 Å². The van der Waals surface area contributed by atoms with Crippen molar-refractivity contribution in [2.75, 3.05) is 0 Å². The SMILES string of the molecule is Cc1cc2c(C(C)C(=O)O)c(C)n(Cc3cccc(Cl)c3)c2cc1Cl. The Balaban J connectivity index is 2.25. The molecule has 0 bridgehead atoms. The number of aliphatic carboxylic acids is 1. The number of halogens is 2. The van der Waals surface area contributed by atoms with Gasteiger partial charge in [0.2, 0.25) is 0 Å². The minimum atomic E-state index is -0.836. The number of aromatic nitrogens is 1. The molecule has 1 N–H and O–H groups in total. The van der Waals surface area contributed by atoms with Crippen LogP contribution in [0.3, 0.4) is 0 Å². The van der Waals surface area contributed by atoms with Gasteiger partial charge in [-0.3, -0.25) is 4.79 Å². The molecule has 0 aliphatic rings.